The van der Waals surface area contributed by atoms with Gasteiger partial charge in [0.2, 0.25) is 11.5 Å². The molecule has 1 heterocycles. The highest BCUT2D eigenvalue weighted by Gasteiger charge is 2.43. The number of ketones is 2. The van der Waals surface area contributed by atoms with Gasteiger partial charge in [-0.25, -0.2) is 4.98 Å². The molecule has 0 N–H and O–H groups in total. The zero-order chi connectivity index (χ0) is 23.0. The van der Waals surface area contributed by atoms with Crippen molar-refractivity contribution in [2.45, 2.75) is 20.0 Å². The van der Waals surface area contributed by atoms with Gasteiger partial charge in [0.15, 0.2) is 17.3 Å². The fourth-order valence-corrected chi connectivity index (χ4v) is 3.65. The molecular formula is C19H16Cl2F3NO5. The zero-order valence-corrected chi connectivity index (χ0v) is 18.0. The first kappa shape index (κ1) is 23.8. The van der Waals surface area contributed by atoms with Crippen LogP contribution >= 0.6 is 23.2 Å². The smallest absolute Gasteiger partial charge is 0.418 e. The van der Waals surface area contributed by atoms with Crippen LogP contribution < -0.4 is 14.2 Å². The standard InChI is InChI=1S/C19H16Cl2F3NO5/c1-7-6-9(28-3)15(29-4)16(30-5)10(7)14(27)12-13(19(22,23)24)11(8(2)26)17(20)25-18(12)21/h6H,1-5H3. The molecule has 0 spiro atoms. The third-order valence-corrected chi connectivity index (χ3v) is 4.77. The number of ether oxygens (including phenoxy) is 3. The Morgan fingerprint density at radius 1 is 0.933 bits per heavy atom. The Morgan fingerprint density at radius 3 is 1.90 bits per heavy atom. The first-order valence-electron chi connectivity index (χ1n) is 8.21. The molecule has 0 saturated heterocycles. The molecule has 0 amide bonds. The summed E-state index contributed by atoms with van der Waals surface area (Å²) in [5.74, 6) is -2.17. The van der Waals surface area contributed by atoms with E-state index < -0.39 is 44.7 Å². The lowest BCUT2D eigenvalue weighted by atomic mass is 9.92. The summed E-state index contributed by atoms with van der Waals surface area (Å²) in [5.41, 5.74) is -3.58. The first-order valence-corrected chi connectivity index (χ1v) is 8.97. The van der Waals surface area contributed by atoms with E-state index in [4.69, 9.17) is 37.4 Å². The number of aromatic nitrogens is 1. The van der Waals surface area contributed by atoms with E-state index in [9.17, 15) is 22.8 Å². The molecule has 162 valence electrons. The number of aryl methyl sites for hydroxylation is 1. The average Bonchev–Trinajstić information content (AvgIpc) is 2.64. The number of carbonyl (C=O) groups is 2. The fourth-order valence-electron chi connectivity index (χ4n) is 3.03. The second-order valence-electron chi connectivity index (χ2n) is 6.04. The SMILES string of the molecule is COc1cc(C)c(C(=O)c2c(Cl)nc(Cl)c(C(C)=O)c2C(F)(F)F)c(OC)c1OC. The van der Waals surface area contributed by atoms with E-state index in [1.807, 2.05) is 0 Å². The number of hydrogen-bond donors (Lipinski definition) is 0. The van der Waals surface area contributed by atoms with Gasteiger partial charge in [-0.1, -0.05) is 23.2 Å². The zero-order valence-electron chi connectivity index (χ0n) is 16.5. The van der Waals surface area contributed by atoms with Gasteiger partial charge in [-0.05, 0) is 25.5 Å². The number of rotatable bonds is 6. The highest BCUT2D eigenvalue weighted by molar-refractivity contribution is 6.38. The van der Waals surface area contributed by atoms with Crippen LogP contribution in [-0.2, 0) is 6.18 Å². The first-order chi connectivity index (χ1) is 13.9. The van der Waals surface area contributed by atoms with Gasteiger partial charge in [0.05, 0.1) is 43.6 Å². The van der Waals surface area contributed by atoms with Crippen molar-refractivity contribution in [3.63, 3.8) is 0 Å². The molecule has 2 aromatic rings. The van der Waals surface area contributed by atoms with Crippen LogP contribution in [0.3, 0.4) is 0 Å². The van der Waals surface area contributed by atoms with Crippen molar-refractivity contribution in [1.82, 2.24) is 4.98 Å². The number of hydrogen-bond acceptors (Lipinski definition) is 6. The second kappa shape index (κ2) is 8.69. The molecule has 0 aliphatic heterocycles. The van der Waals surface area contributed by atoms with E-state index in [0.717, 1.165) is 6.92 Å². The highest BCUT2D eigenvalue weighted by atomic mass is 35.5. The number of Topliss-reactive ketones (excluding diaryl/α,β-unsaturated/α-hetero) is 1. The third kappa shape index (κ3) is 4.04. The summed E-state index contributed by atoms with van der Waals surface area (Å²) in [4.78, 5) is 28.8. The molecule has 0 aliphatic carbocycles. The van der Waals surface area contributed by atoms with Crippen LogP contribution in [0.2, 0.25) is 10.3 Å². The number of nitrogens with zero attached hydrogens (tertiary/aromatic N) is 1. The van der Waals surface area contributed by atoms with Crippen LogP contribution in [0.15, 0.2) is 6.07 Å². The normalized spacial score (nSPS) is 11.3. The number of halogens is 5. The monoisotopic (exact) mass is 465 g/mol. The van der Waals surface area contributed by atoms with E-state index in [0.29, 0.717) is 0 Å². The Hall–Kier alpha value is -2.52. The number of carbonyl (C=O) groups excluding carboxylic acids is 2. The predicted molar refractivity (Wildman–Crippen MR) is 104 cm³/mol. The molecule has 1 aromatic carbocycles. The molecule has 0 bridgehead atoms. The van der Waals surface area contributed by atoms with Crippen molar-refractivity contribution in [3.8, 4) is 17.2 Å². The van der Waals surface area contributed by atoms with E-state index in [2.05, 4.69) is 4.98 Å². The summed E-state index contributed by atoms with van der Waals surface area (Å²) in [6, 6.07) is 1.39. The molecule has 0 aliphatic rings. The second-order valence-corrected chi connectivity index (χ2v) is 6.75. The fraction of sp³-hybridized carbons (Fsp3) is 0.316. The maximum atomic E-state index is 13.9. The molecule has 6 nitrogen and oxygen atoms in total. The van der Waals surface area contributed by atoms with Crippen LogP contribution in [0.25, 0.3) is 0 Å². The Balaban J connectivity index is 2.99. The van der Waals surface area contributed by atoms with Crippen molar-refractivity contribution in [3.05, 3.63) is 44.2 Å². The Kier molecular flexibility index (Phi) is 6.88. The molecule has 0 saturated carbocycles. The van der Waals surface area contributed by atoms with Gasteiger partial charge < -0.3 is 14.2 Å². The van der Waals surface area contributed by atoms with Gasteiger partial charge in [0.1, 0.15) is 10.3 Å². The van der Waals surface area contributed by atoms with Crippen LogP contribution in [0, 0.1) is 6.92 Å². The van der Waals surface area contributed by atoms with Crippen molar-refractivity contribution in [1.29, 1.82) is 0 Å². The van der Waals surface area contributed by atoms with E-state index in [1.165, 1.54) is 34.3 Å². The minimum Gasteiger partial charge on any atom is -0.493 e. The minimum absolute atomic E-state index is 0.00709. The van der Waals surface area contributed by atoms with E-state index >= 15 is 0 Å². The largest absolute Gasteiger partial charge is 0.493 e. The molecule has 1 aromatic heterocycles. The lowest BCUT2D eigenvalue weighted by molar-refractivity contribution is -0.138. The molecule has 2 rings (SSSR count). The topological polar surface area (TPSA) is 74.7 Å². The molecule has 30 heavy (non-hydrogen) atoms. The van der Waals surface area contributed by atoms with Crippen molar-refractivity contribution < 1.29 is 37.0 Å². The van der Waals surface area contributed by atoms with Crippen LogP contribution in [0.1, 0.15) is 44.3 Å². The third-order valence-electron chi connectivity index (χ3n) is 4.23. The lowest BCUT2D eigenvalue weighted by Gasteiger charge is -2.21. The quantitative estimate of drug-likeness (QED) is 0.432. The summed E-state index contributed by atoms with van der Waals surface area (Å²) in [5, 5.41) is -1.56. The Bertz CT molecular complexity index is 1040. The molecule has 0 fully saturated rings. The van der Waals surface area contributed by atoms with E-state index in [1.54, 1.807) is 0 Å². The van der Waals surface area contributed by atoms with Crippen LogP contribution in [0.4, 0.5) is 13.2 Å². The van der Waals surface area contributed by atoms with Gasteiger partial charge in [-0.3, -0.25) is 9.59 Å². The number of benzene rings is 1. The number of methoxy groups -OCH3 is 3. The summed E-state index contributed by atoms with van der Waals surface area (Å²) in [6.45, 7) is 2.34. The molecule has 11 heteroatoms. The molecular weight excluding hydrogens is 450 g/mol. The van der Waals surface area contributed by atoms with E-state index in [-0.39, 0.29) is 28.4 Å². The van der Waals surface area contributed by atoms with Crippen LogP contribution in [-0.4, -0.2) is 37.9 Å². The summed E-state index contributed by atoms with van der Waals surface area (Å²) in [6.07, 6.45) is -5.13. The summed E-state index contributed by atoms with van der Waals surface area (Å²) >= 11 is 11.7. The Morgan fingerprint density at radius 2 is 1.47 bits per heavy atom. The lowest BCUT2D eigenvalue weighted by Crippen LogP contribution is -2.21. The maximum absolute atomic E-state index is 13.9. The summed E-state index contributed by atoms with van der Waals surface area (Å²) < 4.78 is 57.4. The number of pyridine rings is 1. The van der Waals surface area contributed by atoms with Gasteiger partial charge in [-0.2, -0.15) is 13.2 Å². The number of alkyl halides is 3. The van der Waals surface area contributed by atoms with Crippen molar-refractivity contribution in [2.75, 3.05) is 21.3 Å². The molecule has 0 atom stereocenters. The van der Waals surface area contributed by atoms with Crippen molar-refractivity contribution >= 4 is 34.8 Å². The van der Waals surface area contributed by atoms with Gasteiger partial charge in [-0.15, -0.1) is 0 Å². The van der Waals surface area contributed by atoms with Gasteiger partial charge in [0.25, 0.3) is 0 Å². The highest BCUT2D eigenvalue weighted by Crippen LogP contribution is 2.45. The average molecular weight is 466 g/mol. The predicted octanol–water partition coefficient (Wildman–Crippen LogP) is 5.18. The van der Waals surface area contributed by atoms with Crippen LogP contribution in [0.5, 0.6) is 17.2 Å². The minimum atomic E-state index is -5.13. The molecule has 0 unspecified atom stereocenters. The molecule has 0 radical (unpaired) electrons. The Labute approximate surface area is 179 Å². The van der Waals surface area contributed by atoms with Crippen molar-refractivity contribution in [2.24, 2.45) is 0 Å². The van der Waals surface area contributed by atoms with Gasteiger partial charge in [0, 0.05) is 0 Å². The maximum Gasteiger partial charge on any atom is 0.418 e. The van der Waals surface area contributed by atoms with Gasteiger partial charge >= 0.3 is 6.18 Å². The summed E-state index contributed by atoms with van der Waals surface area (Å²) in [7, 11) is 3.83.